The quantitative estimate of drug-likeness (QED) is 0.815. The van der Waals surface area contributed by atoms with E-state index < -0.39 is 0 Å². The van der Waals surface area contributed by atoms with Crippen LogP contribution in [0.25, 0.3) is 11.3 Å². The Morgan fingerprint density at radius 3 is 2.79 bits per heavy atom. The monoisotopic (exact) mass is 250 g/mol. The molecule has 3 heteroatoms. The minimum absolute atomic E-state index is 0.856. The fraction of sp³-hybridized carbons (Fsp3) is 0.182. The second-order valence-electron chi connectivity index (χ2n) is 3.23. The number of hydrogen-bond acceptors (Lipinski definition) is 1. The maximum atomic E-state index is 4.25. The van der Waals surface area contributed by atoms with Crippen molar-refractivity contribution >= 4 is 15.9 Å². The number of alkyl halides is 1. The van der Waals surface area contributed by atoms with Crippen molar-refractivity contribution in [1.29, 1.82) is 0 Å². The second-order valence-corrected chi connectivity index (χ2v) is 3.79. The molecule has 0 aliphatic heterocycles. The van der Waals surface area contributed by atoms with Crippen LogP contribution in [-0.4, -0.2) is 10.2 Å². The van der Waals surface area contributed by atoms with Gasteiger partial charge in [0.25, 0.3) is 0 Å². The SMILES string of the molecule is Cc1cc(-c2ccccc2CBr)n[nH]1. The van der Waals surface area contributed by atoms with Gasteiger partial charge in [-0.15, -0.1) is 0 Å². The number of benzene rings is 1. The first-order valence-corrected chi connectivity index (χ1v) is 5.59. The van der Waals surface area contributed by atoms with Crippen molar-refractivity contribution in [2.75, 3.05) is 0 Å². The second kappa shape index (κ2) is 3.96. The molecule has 0 spiro atoms. The topological polar surface area (TPSA) is 28.7 Å². The predicted octanol–water partition coefficient (Wildman–Crippen LogP) is 3.28. The summed E-state index contributed by atoms with van der Waals surface area (Å²) in [6.45, 7) is 2.01. The molecule has 0 saturated carbocycles. The highest BCUT2D eigenvalue weighted by molar-refractivity contribution is 9.08. The van der Waals surface area contributed by atoms with Crippen LogP contribution < -0.4 is 0 Å². The molecule has 1 aromatic heterocycles. The Balaban J connectivity index is 2.50. The van der Waals surface area contributed by atoms with Gasteiger partial charge in [0.05, 0.1) is 5.69 Å². The van der Waals surface area contributed by atoms with Crippen LogP contribution in [0.5, 0.6) is 0 Å². The third-order valence-electron chi connectivity index (χ3n) is 2.14. The lowest BCUT2D eigenvalue weighted by atomic mass is 10.1. The Hall–Kier alpha value is -1.09. The van der Waals surface area contributed by atoms with Crippen molar-refractivity contribution in [1.82, 2.24) is 10.2 Å². The lowest BCUT2D eigenvalue weighted by molar-refractivity contribution is 1.05. The summed E-state index contributed by atoms with van der Waals surface area (Å²) >= 11 is 3.47. The Bertz CT molecular complexity index is 434. The van der Waals surface area contributed by atoms with Gasteiger partial charge in [0.15, 0.2) is 0 Å². The Morgan fingerprint density at radius 1 is 1.36 bits per heavy atom. The zero-order valence-electron chi connectivity index (χ0n) is 7.92. The van der Waals surface area contributed by atoms with E-state index in [0.29, 0.717) is 0 Å². The van der Waals surface area contributed by atoms with Gasteiger partial charge in [-0.3, -0.25) is 5.10 Å². The average Bonchev–Trinajstić information content (AvgIpc) is 2.65. The molecule has 1 heterocycles. The fourth-order valence-corrected chi connectivity index (χ4v) is 1.93. The maximum absolute atomic E-state index is 4.25. The zero-order valence-corrected chi connectivity index (χ0v) is 9.51. The molecule has 0 unspecified atom stereocenters. The first-order valence-electron chi connectivity index (χ1n) is 4.47. The van der Waals surface area contributed by atoms with Crippen molar-refractivity contribution in [3.63, 3.8) is 0 Å². The summed E-state index contributed by atoms with van der Waals surface area (Å²) in [5.41, 5.74) is 4.55. The number of nitrogens with zero attached hydrogens (tertiary/aromatic N) is 1. The molecule has 2 aromatic rings. The standard InChI is InChI=1S/C11H11BrN2/c1-8-6-11(14-13-8)10-5-3-2-4-9(10)7-12/h2-6H,7H2,1H3,(H,13,14). The van der Waals surface area contributed by atoms with Crippen molar-refractivity contribution in [3.05, 3.63) is 41.6 Å². The average molecular weight is 251 g/mol. The summed E-state index contributed by atoms with van der Waals surface area (Å²) in [7, 11) is 0. The van der Waals surface area contributed by atoms with Crippen molar-refractivity contribution in [2.24, 2.45) is 0 Å². The minimum atomic E-state index is 0.856. The summed E-state index contributed by atoms with van der Waals surface area (Å²) in [6, 6.07) is 10.3. The van der Waals surface area contributed by atoms with Crippen LogP contribution in [-0.2, 0) is 5.33 Å². The number of hydrogen-bond donors (Lipinski definition) is 1. The Labute approximate surface area is 91.5 Å². The smallest absolute Gasteiger partial charge is 0.0926 e. The van der Waals surface area contributed by atoms with E-state index in [1.807, 2.05) is 19.1 Å². The number of aromatic nitrogens is 2. The van der Waals surface area contributed by atoms with E-state index >= 15 is 0 Å². The van der Waals surface area contributed by atoms with Gasteiger partial charge in [-0.2, -0.15) is 5.10 Å². The van der Waals surface area contributed by atoms with Gasteiger partial charge < -0.3 is 0 Å². The molecule has 0 amide bonds. The van der Waals surface area contributed by atoms with E-state index in [1.165, 1.54) is 11.1 Å². The number of nitrogens with one attached hydrogen (secondary N) is 1. The summed E-state index contributed by atoms with van der Waals surface area (Å²) in [4.78, 5) is 0. The molecular formula is C11H11BrN2. The van der Waals surface area contributed by atoms with Crippen molar-refractivity contribution in [2.45, 2.75) is 12.3 Å². The molecule has 72 valence electrons. The summed E-state index contributed by atoms with van der Waals surface area (Å²) in [5.74, 6) is 0. The van der Waals surface area contributed by atoms with Crippen LogP contribution >= 0.6 is 15.9 Å². The van der Waals surface area contributed by atoms with Crippen LogP contribution in [0.2, 0.25) is 0 Å². The molecule has 14 heavy (non-hydrogen) atoms. The minimum Gasteiger partial charge on any atom is -0.282 e. The van der Waals surface area contributed by atoms with Crippen molar-refractivity contribution in [3.8, 4) is 11.3 Å². The molecule has 2 rings (SSSR count). The van der Waals surface area contributed by atoms with E-state index in [2.05, 4.69) is 44.3 Å². The predicted molar refractivity (Wildman–Crippen MR) is 61.4 cm³/mol. The van der Waals surface area contributed by atoms with Gasteiger partial charge in [0.1, 0.15) is 0 Å². The van der Waals surface area contributed by atoms with Gasteiger partial charge in [0.2, 0.25) is 0 Å². The number of aryl methyl sites for hydroxylation is 1. The first-order chi connectivity index (χ1) is 6.81. The molecule has 1 aromatic carbocycles. The molecule has 2 nitrogen and oxygen atoms in total. The highest BCUT2D eigenvalue weighted by Gasteiger charge is 2.05. The van der Waals surface area contributed by atoms with E-state index in [0.717, 1.165) is 16.7 Å². The normalized spacial score (nSPS) is 10.4. The molecular weight excluding hydrogens is 240 g/mol. The maximum Gasteiger partial charge on any atom is 0.0926 e. The number of H-pyrrole nitrogens is 1. The highest BCUT2D eigenvalue weighted by Crippen LogP contribution is 2.23. The van der Waals surface area contributed by atoms with Crippen LogP contribution in [0.3, 0.4) is 0 Å². The number of aromatic amines is 1. The number of halogens is 1. The van der Waals surface area contributed by atoms with E-state index in [9.17, 15) is 0 Å². The summed E-state index contributed by atoms with van der Waals surface area (Å²) < 4.78 is 0. The highest BCUT2D eigenvalue weighted by atomic mass is 79.9. The lowest BCUT2D eigenvalue weighted by Gasteiger charge is -2.02. The molecule has 0 aliphatic rings. The molecule has 0 atom stereocenters. The fourth-order valence-electron chi connectivity index (χ4n) is 1.44. The van der Waals surface area contributed by atoms with Gasteiger partial charge in [-0.1, -0.05) is 40.2 Å². The molecule has 1 N–H and O–H groups in total. The molecule has 0 fully saturated rings. The zero-order chi connectivity index (χ0) is 9.97. The third kappa shape index (κ3) is 1.73. The number of rotatable bonds is 2. The lowest BCUT2D eigenvalue weighted by Crippen LogP contribution is -1.85. The Morgan fingerprint density at radius 2 is 2.14 bits per heavy atom. The van der Waals surface area contributed by atoms with Gasteiger partial charge in [-0.25, -0.2) is 0 Å². The van der Waals surface area contributed by atoms with Crippen LogP contribution in [0.15, 0.2) is 30.3 Å². The molecule has 0 saturated heterocycles. The third-order valence-corrected chi connectivity index (χ3v) is 2.75. The van der Waals surface area contributed by atoms with Crippen molar-refractivity contribution < 1.29 is 0 Å². The van der Waals surface area contributed by atoms with Gasteiger partial charge in [-0.05, 0) is 18.6 Å². The first kappa shape index (κ1) is 9.46. The van der Waals surface area contributed by atoms with Gasteiger partial charge >= 0.3 is 0 Å². The van der Waals surface area contributed by atoms with Crippen LogP contribution in [0, 0.1) is 6.92 Å². The largest absolute Gasteiger partial charge is 0.282 e. The van der Waals surface area contributed by atoms with Gasteiger partial charge in [0, 0.05) is 16.6 Å². The summed E-state index contributed by atoms with van der Waals surface area (Å²) in [6.07, 6.45) is 0. The van der Waals surface area contributed by atoms with E-state index in [4.69, 9.17) is 0 Å². The molecule has 0 bridgehead atoms. The van der Waals surface area contributed by atoms with E-state index in [-0.39, 0.29) is 0 Å². The van der Waals surface area contributed by atoms with Crippen LogP contribution in [0.4, 0.5) is 0 Å². The molecule has 0 radical (unpaired) electrons. The Kier molecular flexibility index (Phi) is 2.68. The van der Waals surface area contributed by atoms with Crippen LogP contribution in [0.1, 0.15) is 11.3 Å². The molecule has 0 aliphatic carbocycles. The summed E-state index contributed by atoms with van der Waals surface area (Å²) in [5, 5.41) is 8.06. The van der Waals surface area contributed by atoms with E-state index in [1.54, 1.807) is 0 Å².